The highest BCUT2D eigenvalue weighted by atomic mass is 35.5. The number of furan rings is 1. The number of aryl methyl sites for hydroxylation is 2. The second-order valence-electron chi connectivity index (χ2n) is 8.55. The summed E-state index contributed by atoms with van der Waals surface area (Å²) in [6.07, 6.45) is 0. The second kappa shape index (κ2) is 7.27. The van der Waals surface area contributed by atoms with Crippen LogP contribution in [0.3, 0.4) is 0 Å². The number of halogens is 1. The zero-order valence-electron chi connectivity index (χ0n) is 18.8. The van der Waals surface area contributed by atoms with Gasteiger partial charge in [-0.2, -0.15) is 0 Å². The van der Waals surface area contributed by atoms with Gasteiger partial charge < -0.3 is 14.3 Å². The summed E-state index contributed by atoms with van der Waals surface area (Å²) in [5.41, 5.74) is 3.91. The molecule has 3 aromatic heterocycles. The molecule has 4 heterocycles. The molecule has 34 heavy (non-hydrogen) atoms. The van der Waals surface area contributed by atoms with Gasteiger partial charge in [0.25, 0.3) is 5.56 Å². The van der Waals surface area contributed by atoms with E-state index in [0.29, 0.717) is 27.4 Å². The smallest absolute Gasteiger partial charge is 0.331 e. The third-order valence-electron chi connectivity index (χ3n) is 6.49. The molecule has 0 saturated heterocycles. The summed E-state index contributed by atoms with van der Waals surface area (Å²) >= 11 is 6.18. The van der Waals surface area contributed by atoms with E-state index in [1.165, 1.54) is 7.05 Å². The van der Waals surface area contributed by atoms with E-state index in [1.54, 1.807) is 23.7 Å². The minimum absolute atomic E-state index is 0.350. The Bertz CT molecular complexity index is 1720. The summed E-state index contributed by atoms with van der Waals surface area (Å²) in [7, 11) is 3.20. The van der Waals surface area contributed by atoms with Crippen LogP contribution in [0.5, 0.6) is 0 Å². The van der Waals surface area contributed by atoms with Gasteiger partial charge in [-0.1, -0.05) is 35.9 Å². The lowest BCUT2D eigenvalue weighted by atomic mass is 10.1. The van der Waals surface area contributed by atoms with E-state index in [9.17, 15) is 9.59 Å². The highest BCUT2D eigenvalue weighted by molar-refractivity contribution is 6.30. The lowest BCUT2D eigenvalue weighted by Gasteiger charge is -2.29. The zero-order valence-corrected chi connectivity index (χ0v) is 19.6. The number of aromatic nitrogens is 3. The Morgan fingerprint density at radius 3 is 2.38 bits per heavy atom. The molecule has 8 heteroatoms. The number of hydrogen-bond donors (Lipinski definition) is 1. The van der Waals surface area contributed by atoms with E-state index in [1.807, 2.05) is 55.5 Å². The van der Waals surface area contributed by atoms with Crippen LogP contribution in [0.4, 0.5) is 5.69 Å². The van der Waals surface area contributed by atoms with Crippen molar-refractivity contribution in [1.29, 1.82) is 0 Å². The van der Waals surface area contributed by atoms with Gasteiger partial charge in [0.1, 0.15) is 17.6 Å². The van der Waals surface area contributed by atoms with Gasteiger partial charge in [0.2, 0.25) is 0 Å². The van der Waals surface area contributed by atoms with Gasteiger partial charge in [0, 0.05) is 19.1 Å². The minimum Gasteiger partial charge on any atom is -0.464 e. The maximum absolute atomic E-state index is 13.6. The molecule has 1 N–H and O–H groups in total. The van der Waals surface area contributed by atoms with Gasteiger partial charge in [-0.05, 0) is 48.9 Å². The van der Waals surface area contributed by atoms with Crippen molar-refractivity contribution in [1.82, 2.24) is 13.7 Å². The highest BCUT2D eigenvalue weighted by Gasteiger charge is 2.35. The van der Waals surface area contributed by atoms with Crippen molar-refractivity contribution in [2.75, 3.05) is 5.32 Å². The molecule has 0 bridgehead atoms. The first-order valence-corrected chi connectivity index (χ1v) is 11.3. The Balaban J connectivity index is 1.87. The first-order chi connectivity index (χ1) is 16.4. The van der Waals surface area contributed by atoms with E-state index in [0.717, 1.165) is 33.0 Å². The summed E-state index contributed by atoms with van der Waals surface area (Å²) < 4.78 is 10.8. The number of rotatable bonds is 2. The lowest BCUT2D eigenvalue weighted by molar-refractivity contribution is 0.469. The molecular formula is C26H21ClN4O3. The molecule has 1 aliphatic rings. The maximum Gasteiger partial charge on any atom is 0.331 e. The Morgan fingerprint density at radius 2 is 1.68 bits per heavy atom. The Kier molecular flexibility index (Phi) is 4.41. The van der Waals surface area contributed by atoms with E-state index < -0.39 is 6.04 Å². The molecule has 0 saturated carbocycles. The quantitative estimate of drug-likeness (QED) is 0.402. The van der Waals surface area contributed by atoms with E-state index in [2.05, 4.69) is 9.88 Å². The molecular weight excluding hydrogens is 452 g/mol. The number of para-hydroxylation sites is 2. The molecule has 0 radical (unpaired) electrons. The lowest BCUT2D eigenvalue weighted by Crippen LogP contribution is -2.37. The van der Waals surface area contributed by atoms with Crippen LogP contribution in [0.15, 0.2) is 74.7 Å². The second-order valence-corrected chi connectivity index (χ2v) is 8.98. The number of anilines is 1. The summed E-state index contributed by atoms with van der Waals surface area (Å²) in [4.78, 5) is 26.6. The van der Waals surface area contributed by atoms with E-state index in [4.69, 9.17) is 16.0 Å². The first kappa shape index (κ1) is 20.6. The van der Waals surface area contributed by atoms with Crippen LogP contribution >= 0.6 is 11.6 Å². The fourth-order valence-corrected chi connectivity index (χ4v) is 5.05. The summed E-state index contributed by atoms with van der Waals surface area (Å²) in [6, 6.07) is 18.7. The van der Waals surface area contributed by atoms with Crippen molar-refractivity contribution in [2.45, 2.75) is 13.0 Å². The zero-order chi connectivity index (χ0) is 23.7. The third kappa shape index (κ3) is 2.77. The van der Waals surface area contributed by atoms with Crippen molar-refractivity contribution in [3.8, 4) is 16.9 Å². The van der Waals surface area contributed by atoms with E-state index >= 15 is 0 Å². The summed E-state index contributed by atoms with van der Waals surface area (Å²) in [5, 5.41) is 4.64. The van der Waals surface area contributed by atoms with Gasteiger partial charge in [-0.25, -0.2) is 4.79 Å². The Hall–Kier alpha value is -3.97. The van der Waals surface area contributed by atoms with Crippen molar-refractivity contribution in [2.24, 2.45) is 14.1 Å². The first-order valence-electron chi connectivity index (χ1n) is 10.9. The number of benzene rings is 2. The summed E-state index contributed by atoms with van der Waals surface area (Å²) in [5.74, 6) is 1.48. The van der Waals surface area contributed by atoms with Gasteiger partial charge in [0.05, 0.1) is 33.7 Å². The minimum atomic E-state index is -0.412. The summed E-state index contributed by atoms with van der Waals surface area (Å²) in [6.45, 7) is 1.89. The Morgan fingerprint density at radius 1 is 0.941 bits per heavy atom. The van der Waals surface area contributed by atoms with Gasteiger partial charge in [0.15, 0.2) is 0 Å². The van der Waals surface area contributed by atoms with Crippen LogP contribution in [-0.2, 0) is 14.1 Å². The molecule has 170 valence electrons. The van der Waals surface area contributed by atoms with Gasteiger partial charge in [-0.15, -0.1) is 0 Å². The van der Waals surface area contributed by atoms with Crippen LogP contribution in [0.1, 0.15) is 23.3 Å². The molecule has 1 aliphatic heterocycles. The molecule has 5 aromatic rings. The van der Waals surface area contributed by atoms with Gasteiger partial charge in [-0.3, -0.25) is 13.9 Å². The third-order valence-corrected chi connectivity index (χ3v) is 6.74. The van der Waals surface area contributed by atoms with E-state index in [-0.39, 0.29) is 11.2 Å². The molecule has 0 amide bonds. The maximum atomic E-state index is 13.6. The number of hydrogen-bond acceptors (Lipinski definition) is 4. The van der Waals surface area contributed by atoms with Crippen LogP contribution in [0.25, 0.3) is 27.8 Å². The van der Waals surface area contributed by atoms with Crippen molar-refractivity contribution in [3.63, 3.8) is 0 Å². The average Bonchev–Trinajstić information content (AvgIpc) is 3.43. The topological polar surface area (TPSA) is 74.1 Å². The molecule has 0 unspecified atom stereocenters. The Labute approximate surface area is 199 Å². The van der Waals surface area contributed by atoms with Crippen LogP contribution in [0, 0.1) is 6.92 Å². The molecule has 0 spiro atoms. The molecule has 1 atom stereocenters. The standard InChI is InChI=1S/C26H21ClN4O3/c1-14-8-13-19(34-14)21-24-23-20(25(32)30(3)26(33)29(23)2)22(15-9-11-16(27)12-10-15)31(24)18-7-5-4-6-17(18)28-21/h4-13,21,28H,1-3H3/t21-/m0/s1. The number of nitrogens with one attached hydrogen (secondary N) is 1. The normalized spacial score (nSPS) is 14.6. The fraction of sp³-hybridized carbons (Fsp3) is 0.154. The number of fused-ring (bicyclic) bond motifs is 5. The van der Waals surface area contributed by atoms with Crippen LogP contribution in [0.2, 0.25) is 5.02 Å². The van der Waals surface area contributed by atoms with Crippen LogP contribution < -0.4 is 16.6 Å². The number of nitrogens with zero attached hydrogens (tertiary/aromatic N) is 3. The average molecular weight is 473 g/mol. The fourth-order valence-electron chi connectivity index (χ4n) is 4.92. The highest BCUT2D eigenvalue weighted by Crippen LogP contribution is 2.45. The van der Waals surface area contributed by atoms with Gasteiger partial charge >= 0.3 is 5.69 Å². The SMILES string of the molecule is Cc1ccc([C@@H]2Nc3ccccc3-n3c(-c4ccc(Cl)cc4)c4c(=O)n(C)c(=O)n(C)c4c32)o1. The molecule has 7 nitrogen and oxygen atoms in total. The monoisotopic (exact) mass is 472 g/mol. The largest absolute Gasteiger partial charge is 0.464 e. The predicted molar refractivity (Wildman–Crippen MR) is 133 cm³/mol. The predicted octanol–water partition coefficient (Wildman–Crippen LogP) is 4.76. The van der Waals surface area contributed by atoms with Crippen LogP contribution in [-0.4, -0.2) is 13.7 Å². The van der Waals surface area contributed by atoms with Crippen molar-refractivity contribution < 1.29 is 4.42 Å². The molecule has 0 fully saturated rings. The molecule has 0 aliphatic carbocycles. The van der Waals surface area contributed by atoms with Crippen molar-refractivity contribution in [3.05, 3.63) is 104 Å². The molecule has 6 rings (SSSR count). The van der Waals surface area contributed by atoms with Crippen molar-refractivity contribution >= 4 is 28.2 Å². The molecule has 2 aromatic carbocycles.